The predicted octanol–water partition coefficient (Wildman–Crippen LogP) is 0.313. The second kappa shape index (κ2) is 6.02. The third-order valence-electron chi connectivity index (χ3n) is 4.36. The first kappa shape index (κ1) is 16.1. The number of amides is 3. The van der Waals surface area contributed by atoms with Crippen LogP contribution in [0.4, 0.5) is 15.4 Å². The summed E-state index contributed by atoms with van der Waals surface area (Å²) < 4.78 is 11.0. The summed E-state index contributed by atoms with van der Waals surface area (Å²) in [7, 11) is 2.87. The molecule has 130 valence electrons. The van der Waals surface area contributed by atoms with Gasteiger partial charge >= 0.3 is 18.1 Å². The van der Waals surface area contributed by atoms with E-state index < -0.39 is 12.1 Å². The lowest BCUT2D eigenvalue weighted by atomic mass is 9.89. The van der Waals surface area contributed by atoms with E-state index in [9.17, 15) is 14.4 Å². The van der Waals surface area contributed by atoms with Gasteiger partial charge < -0.3 is 19.7 Å². The van der Waals surface area contributed by atoms with E-state index in [1.165, 1.54) is 17.9 Å². The highest BCUT2D eigenvalue weighted by atomic mass is 16.6. The van der Waals surface area contributed by atoms with Crippen LogP contribution in [-0.4, -0.2) is 65.1 Å². The summed E-state index contributed by atoms with van der Waals surface area (Å²) in [5.41, 5.74) is -0.118. The van der Waals surface area contributed by atoms with Crippen LogP contribution in [0.15, 0.2) is 6.07 Å². The molecule has 0 atom stereocenters. The zero-order valence-corrected chi connectivity index (χ0v) is 13.5. The quantitative estimate of drug-likeness (QED) is 0.751. The monoisotopic (exact) mass is 337 g/mol. The van der Waals surface area contributed by atoms with Crippen LogP contribution in [-0.2, 0) is 16.5 Å². The molecule has 0 aliphatic carbocycles. The van der Waals surface area contributed by atoms with Crippen LogP contribution in [0.1, 0.15) is 23.3 Å². The smallest absolute Gasteiger partial charge is 0.407 e. The molecule has 1 spiro atoms. The SMILES string of the molecule is COC(=O)c1cc(NC(=O)N2CCC3(CC2)COC(=O)N3)nn1C. The van der Waals surface area contributed by atoms with E-state index in [1.54, 1.807) is 11.9 Å². The van der Waals surface area contributed by atoms with Gasteiger partial charge in [-0.25, -0.2) is 14.4 Å². The van der Waals surface area contributed by atoms with Gasteiger partial charge in [-0.1, -0.05) is 0 Å². The summed E-state index contributed by atoms with van der Waals surface area (Å²) in [5.74, 6) is -0.247. The molecule has 1 aromatic heterocycles. The Kier molecular flexibility index (Phi) is 4.04. The third kappa shape index (κ3) is 2.99. The maximum absolute atomic E-state index is 12.3. The molecule has 2 fully saturated rings. The van der Waals surface area contributed by atoms with E-state index in [-0.39, 0.29) is 23.1 Å². The molecule has 1 aromatic rings. The van der Waals surface area contributed by atoms with Crippen molar-refractivity contribution in [1.29, 1.82) is 0 Å². The molecular weight excluding hydrogens is 318 g/mol. The molecule has 0 aromatic carbocycles. The summed E-state index contributed by atoms with van der Waals surface area (Å²) >= 11 is 0. The number of nitrogens with zero attached hydrogens (tertiary/aromatic N) is 3. The fourth-order valence-electron chi connectivity index (χ4n) is 2.91. The van der Waals surface area contributed by atoms with Gasteiger partial charge in [-0.15, -0.1) is 0 Å². The standard InChI is InChI=1S/C14H19N5O5/c1-18-9(11(20)23-2)7-10(17-18)15-12(21)19-5-3-14(4-6-19)8-24-13(22)16-14/h7H,3-6,8H2,1-2H3,(H,16,22)(H,15,17,21). The third-order valence-corrected chi connectivity index (χ3v) is 4.36. The maximum Gasteiger partial charge on any atom is 0.407 e. The number of carbonyl (C=O) groups is 3. The highest BCUT2D eigenvalue weighted by molar-refractivity contribution is 5.92. The summed E-state index contributed by atoms with van der Waals surface area (Å²) in [6, 6.07) is 1.16. The van der Waals surface area contributed by atoms with Crippen molar-refractivity contribution in [1.82, 2.24) is 20.0 Å². The van der Waals surface area contributed by atoms with Crippen LogP contribution < -0.4 is 10.6 Å². The number of aromatic nitrogens is 2. The van der Waals surface area contributed by atoms with Gasteiger partial charge in [0.1, 0.15) is 12.3 Å². The van der Waals surface area contributed by atoms with Crippen LogP contribution in [0.2, 0.25) is 0 Å². The van der Waals surface area contributed by atoms with Crippen molar-refractivity contribution in [3.63, 3.8) is 0 Å². The van der Waals surface area contributed by atoms with Gasteiger partial charge in [0, 0.05) is 26.2 Å². The fourth-order valence-corrected chi connectivity index (χ4v) is 2.91. The first-order valence-corrected chi connectivity index (χ1v) is 7.56. The van der Waals surface area contributed by atoms with Gasteiger partial charge in [0.25, 0.3) is 0 Å². The number of aryl methyl sites for hydroxylation is 1. The van der Waals surface area contributed by atoms with E-state index in [4.69, 9.17) is 4.74 Å². The van der Waals surface area contributed by atoms with Gasteiger partial charge in [0.2, 0.25) is 0 Å². The van der Waals surface area contributed by atoms with Crippen LogP contribution >= 0.6 is 0 Å². The minimum absolute atomic E-state index is 0.246. The summed E-state index contributed by atoms with van der Waals surface area (Å²) in [6.07, 6.45) is 0.848. The predicted molar refractivity (Wildman–Crippen MR) is 81.6 cm³/mol. The number of cyclic esters (lactones) is 1. The average Bonchev–Trinajstić information content (AvgIpc) is 3.10. The van der Waals surface area contributed by atoms with Gasteiger partial charge in [-0.2, -0.15) is 5.10 Å². The average molecular weight is 337 g/mol. The Labute approximate surface area is 138 Å². The Bertz CT molecular complexity index is 677. The van der Waals surface area contributed by atoms with Crippen LogP contribution in [0, 0.1) is 0 Å². The minimum Gasteiger partial charge on any atom is -0.464 e. The minimum atomic E-state index is -0.526. The second-order valence-corrected chi connectivity index (χ2v) is 5.93. The Morgan fingerprint density at radius 2 is 2.12 bits per heavy atom. The lowest BCUT2D eigenvalue weighted by Gasteiger charge is -2.37. The molecule has 0 saturated carbocycles. The van der Waals surface area contributed by atoms with Gasteiger partial charge in [0.15, 0.2) is 5.82 Å². The largest absolute Gasteiger partial charge is 0.464 e. The molecular formula is C14H19N5O5. The number of likely N-dealkylation sites (tertiary alicyclic amines) is 1. The number of alkyl carbamates (subject to hydrolysis) is 1. The van der Waals surface area contributed by atoms with Gasteiger partial charge in [-0.3, -0.25) is 10.00 Å². The highest BCUT2D eigenvalue weighted by Crippen LogP contribution is 2.26. The number of piperidine rings is 1. The Balaban J connectivity index is 1.58. The number of esters is 1. The van der Waals surface area contributed by atoms with Gasteiger partial charge in [0.05, 0.1) is 12.6 Å². The van der Waals surface area contributed by atoms with E-state index >= 15 is 0 Å². The molecule has 10 heteroatoms. The molecule has 2 saturated heterocycles. The summed E-state index contributed by atoms with van der Waals surface area (Å²) in [6.45, 7) is 1.32. The highest BCUT2D eigenvalue weighted by Gasteiger charge is 2.42. The first-order valence-electron chi connectivity index (χ1n) is 7.56. The molecule has 10 nitrogen and oxygen atoms in total. The van der Waals surface area contributed by atoms with Crippen molar-refractivity contribution in [2.75, 3.05) is 32.1 Å². The maximum atomic E-state index is 12.3. The van der Waals surface area contributed by atoms with Crippen molar-refractivity contribution in [2.45, 2.75) is 18.4 Å². The lowest BCUT2D eigenvalue weighted by molar-refractivity contribution is 0.0588. The lowest BCUT2D eigenvalue weighted by Crippen LogP contribution is -2.54. The Morgan fingerprint density at radius 1 is 1.42 bits per heavy atom. The number of urea groups is 1. The second-order valence-electron chi connectivity index (χ2n) is 5.93. The van der Waals surface area contributed by atoms with E-state index in [2.05, 4.69) is 20.5 Å². The number of methoxy groups -OCH3 is 1. The van der Waals surface area contributed by atoms with Crippen molar-refractivity contribution in [3.8, 4) is 0 Å². The van der Waals surface area contributed by atoms with E-state index in [0.717, 1.165) is 0 Å². The topological polar surface area (TPSA) is 115 Å². The van der Waals surface area contributed by atoms with Crippen molar-refractivity contribution in [3.05, 3.63) is 11.8 Å². The normalized spacial score (nSPS) is 18.9. The number of anilines is 1. The molecule has 3 rings (SSSR count). The Hall–Kier alpha value is -2.78. The summed E-state index contributed by atoms with van der Waals surface area (Å²) in [4.78, 5) is 36.7. The summed E-state index contributed by atoms with van der Waals surface area (Å²) in [5, 5.41) is 9.57. The molecule has 2 aliphatic rings. The number of carbonyl (C=O) groups excluding carboxylic acids is 3. The Morgan fingerprint density at radius 3 is 2.71 bits per heavy atom. The molecule has 0 radical (unpaired) electrons. The van der Waals surface area contributed by atoms with E-state index in [0.29, 0.717) is 32.5 Å². The number of hydrogen-bond acceptors (Lipinski definition) is 6. The van der Waals surface area contributed by atoms with Crippen molar-refractivity contribution in [2.24, 2.45) is 7.05 Å². The zero-order chi connectivity index (χ0) is 17.3. The molecule has 0 bridgehead atoms. The van der Waals surface area contributed by atoms with Crippen LogP contribution in [0.25, 0.3) is 0 Å². The number of ether oxygens (including phenoxy) is 2. The fraction of sp³-hybridized carbons (Fsp3) is 0.571. The molecule has 2 aliphatic heterocycles. The molecule has 3 amide bonds. The number of rotatable bonds is 2. The number of nitrogens with one attached hydrogen (secondary N) is 2. The van der Waals surface area contributed by atoms with E-state index in [1.807, 2.05) is 0 Å². The molecule has 2 N–H and O–H groups in total. The van der Waals surface area contributed by atoms with Crippen LogP contribution in [0.3, 0.4) is 0 Å². The van der Waals surface area contributed by atoms with Crippen molar-refractivity contribution >= 4 is 23.9 Å². The van der Waals surface area contributed by atoms with Gasteiger partial charge in [-0.05, 0) is 12.8 Å². The zero-order valence-electron chi connectivity index (χ0n) is 13.5. The molecule has 0 unspecified atom stereocenters. The molecule has 3 heterocycles. The molecule has 24 heavy (non-hydrogen) atoms. The first-order chi connectivity index (χ1) is 11.4. The van der Waals surface area contributed by atoms with Crippen molar-refractivity contribution < 1.29 is 23.9 Å². The number of hydrogen-bond donors (Lipinski definition) is 2. The van der Waals surface area contributed by atoms with Crippen LogP contribution in [0.5, 0.6) is 0 Å².